The van der Waals surface area contributed by atoms with E-state index < -0.39 is 0 Å². The van der Waals surface area contributed by atoms with E-state index in [0.717, 1.165) is 31.6 Å². The first kappa shape index (κ1) is 19.1. The van der Waals surface area contributed by atoms with E-state index in [0.29, 0.717) is 22.2 Å². The summed E-state index contributed by atoms with van der Waals surface area (Å²) in [5, 5.41) is 3.34. The lowest BCUT2D eigenvalue weighted by atomic mass is 10.2. The van der Waals surface area contributed by atoms with Gasteiger partial charge >= 0.3 is 0 Å². The van der Waals surface area contributed by atoms with Crippen molar-refractivity contribution in [3.8, 4) is 5.75 Å². The van der Waals surface area contributed by atoms with Crippen LogP contribution in [0.25, 0.3) is 0 Å². The normalized spacial score (nSPS) is 10.4. The van der Waals surface area contributed by atoms with Crippen molar-refractivity contribution in [1.29, 1.82) is 0 Å². The molecule has 0 unspecified atom stereocenters. The molecule has 1 aromatic carbocycles. The van der Waals surface area contributed by atoms with Gasteiger partial charge in [-0.1, -0.05) is 25.4 Å². The minimum absolute atomic E-state index is 0.296. The summed E-state index contributed by atoms with van der Waals surface area (Å²) in [7, 11) is 1.55. The van der Waals surface area contributed by atoms with Crippen LogP contribution < -0.4 is 15.0 Å². The van der Waals surface area contributed by atoms with Crippen LogP contribution >= 0.6 is 11.6 Å². The third-order valence-electron chi connectivity index (χ3n) is 3.74. The van der Waals surface area contributed by atoms with Gasteiger partial charge in [0.15, 0.2) is 0 Å². The molecule has 0 aliphatic heterocycles. The average molecular weight is 362 g/mol. The van der Waals surface area contributed by atoms with Crippen molar-refractivity contribution in [3.05, 3.63) is 47.2 Å². The molecule has 134 valence electrons. The van der Waals surface area contributed by atoms with E-state index in [4.69, 9.17) is 16.3 Å². The number of amides is 1. The summed E-state index contributed by atoms with van der Waals surface area (Å²) in [6.07, 6.45) is 3.75. The Morgan fingerprint density at radius 3 is 2.56 bits per heavy atom. The van der Waals surface area contributed by atoms with Gasteiger partial charge in [0.2, 0.25) is 0 Å². The van der Waals surface area contributed by atoms with Crippen molar-refractivity contribution >= 4 is 28.9 Å². The van der Waals surface area contributed by atoms with E-state index in [1.165, 1.54) is 0 Å². The third kappa shape index (κ3) is 5.10. The molecule has 0 saturated carbocycles. The fourth-order valence-electron chi connectivity index (χ4n) is 2.61. The number of benzene rings is 1. The third-order valence-corrected chi connectivity index (χ3v) is 3.97. The van der Waals surface area contributed by atoms with E-state index in [1.807, 2.05) is 12.1 Å². The molecule has 1 heterocycles. The highest BCUT2D eigenvalue weighted by atomic mass is 35.5. The first-order valence-electron chi connectivity index (χ1n) is 8.44. The van der Waals surface area contributed by atoms with Crippen molar-refractivity contribution in [2.24, 2.45) is 0 Å². The minimum Gasteiger partial charge on any atom is -0.495 e. The molecular formula is C19H24ClN3O2. The molecule has 0 aliphatic carbocycles. The minimum atomic E-state index is -0.296. The molecule has 0 saturated heterocycles. The number of hydrogen-bond donors (Lipinski definition) is 1. The van der Waals surface area contributed by atoms with Crippen LogP contribution in [-0.2, 0) is 0 Å². The van der Waals surface area contributed by atoms with Gasteiger partial charge in [-0.3, -0.25) is 9.78 Å². The number of rotatable bonds is 8. The van der Waals surface area contributed by atoms with Crippen LogP contribution in [-0.4, -0.2) is 31.1 Å². The second-order valence-corrected chi connectivity index (χ2v) is 6.12. The van der Waals surface area contributed by atoms with Gasteiger partial charge in [0.05, 0.1) is 12.8 Å². The zero-order valence-electron chi connectivity index (χ0n) is 14.9. The number of carbonyl (C=O) groups is 1. The Kier molecular flexibility index (Phi) is 7.07. The molecule has 6 heteroatoms. The fourth-order valence-corrected chi connectivity index (χ4v) is 2.79. The number of nitrogens with one attached hydrogen (secondary N) is 1. The molecule has 1 aromatic heterocycles. The van der Waals surface area contributed by atoms with E-state index >= 15 is 0 Å². The van der Waals surface area contributed by atoms with Crippen molar-refractivity contribution in [1.82, 2.24) is 4.98 Å². The largest absolute Gasteiger partial charge is 0.495 e. The summed E-state index contributed by atoms with van der Waals surface area (Å²) in [6.45, 7) is 6.17. The molecule has 1 amide bonds. The fraction of sp³-hybridized carbons (Fsp3) is 0.368. The summed E-state index contributed by atoms with van der Waals surface area (Å²) in [4.78, 5) is 19.1. The van der Waals surface area contributed by atoms with Gasteiger partial charge in [0.1, 0.15) is 11.4 Å². The van der Waals surface area contributed by atoms with Gasteiger partial charge in [-0.15, -0.1) is 0 Å². The second-order valence-electron chi connectivity index (χ2n) is 5.69. The topological polar surface area (TPSA) is 54.5 Å². The van der Waals surface area contributed by atoms with Crippen LogP contribution in [0.2, 0.25) is 5.02 Å². The Morgan fingerprint density at radius 1 is 1.20 bits per heavy atom. The first-order chi connectivity index (χ1) is 12.1. The number of methoxy groups -OCH3 is 1. The molecule has 0 radical (unpaired) electrons. The van der Waals surface area contributed by atoms with Crippen LogP contribution in [0.3, 0.4) is 0 Å². The maximum Gasteiger partial charge on any atom is 0.274 e. The summed E-state index contributed by atoms with van der Waals surface area (Å²) in [6, 6.07) is 8.83. The van der Waals surface area contributed by atoms with E-state index in [1.54, 1.807) is 31.5 Å². The Hall–Kier alpha value is -2.27. The summed E-state index contributed by atoms with van der Waals surface area (Å²) in [5.41, 5.74) is 1.88. The Balaban J connectivity index is 2.22. The van der Waals surface area contributed by atoms with Crippen molar-refractivity contribution in [2.75, 3.05) is 30.4 Å². The number of halogens is 1. The lowest BCUT2D eigenvalue weighted by Gasteiger charge is -2.24. The smallest absolute Gasteiger partial charge is 0.274 e. The molecule has 1 N–H and O–H groups in total. The van der Waals surface area contributed by atoms with Gasteiger partial charge in [-0.25, -0.2) is 0 Å². The number of nitrogens with zero attached hydrogens (tertiary/aromatic N) is 2. The first-order valence-corrected chi connectivity index (χ1v) is 8.82. The second kappa shape index (κ2) is 9.28. The molecule has 2 aromatic rings. The van der Waals surface area contributed by atoms with Crippen LogP contribution in [0.15, 0.2) is 36.5 Å². The van der Waals surface area contributed by atoms with Crippen molar-refractivity contribution in [3.63, 3.8) is 0 Å². The number of ether oxygens (including phenoxy) is 1. The quantitative estimate of drug-likeness (QED) is 0.745. The monoisotopic (exact) mass is 361 g/mol. The number of pyridine rings is 1. The maximum absolute atomic E-state index is 12.6. The maximum atomic E-state index is 12.6. The molecule has 5 nitrogen and oxygen atoms in total. The molecule has 25 heavy (non-hydrogen) atoms. The van der Waals surface area contributed by atoms with E-state index in [-0.39, 0.29) is 5.91 Å². The molecule has 0 fully saturated rings. The highest BCUT2D eigenvalue weighted by Crippen LogP contribution is 2.28. The van der Waals surface area contributed by atoms with Crippen LogP contribution in [0.1, 0.15) is 37.2 Å². The number of anilines is 2. The molecule has 0 atom stereocenters. The summed E-state index contributed by atoms with van der Waals surface area (Å²) >= 11 is 6.01. The molecule has 2 rings (SSSR count). The van der Waals surface area contributed by atoms with Crippen molar-refractivity contribution in [2.45, 2.75) is 26.7 Å². The molecule has 0 spiro atoms. The van der Waals surface area contributed by atoms with Crippen LogP contribution in [0, 0.1) is 0 Å². The summed E-state index contributed by atoms with van der Waals surface area (Å²) in [5.74, 6) is 0.253. The zero-order valence-corrected chi connectivity index (χ0v) is 15.6. The van der Waals surface area contributed by atoms with Gasteiger partial charge in [0.25, 0.3) is 5.91 Å². The van der Waals surface area contributed by atoms with Crippen molar-refractivity contribution < 1.29 is 9.53 Å². The Bertz CT molecular complexity index is 716. The van der Waals surface area contributed by atoms with E-state index in [9.17, 15) is 4.79 Å². The van der Waals surface area contributed by atoms with Crippen LogP contribution in [0.5, 0.6) is 5.75 Å². The standard InChI is InChI=1S/C19H24ClN3O2/c1-4-10-23(11-5-2)15-8-9-21-17(13-15)19(24)22-16-12-14(20)6-7-18(16)25-3/h6-9,12-13H,4-5,10-11H2,1-3H3,(H,22,24). The number of hydrogen-bond acceptors (Lipinski definition) is 4. The Morgan fingerprint density at radius 2 is 1.92 bits per heavy atom. The number of carbonyl (C=O) groups excluding carboxylic acids is 1. The van der Waals surface area contributed by atoms with E-state index in [2.05, 4.69) is 29.0 Å². The predicted octanol–water partition coefficient (Wildman–Crippen LogP) is 4.62. The lowest BCUT2D eigenvalue weighted by molar-refractivity contribution is 0.102. The highest BCUT2D eigenvalue weighted by Gasteiger charge is 2.14. The average Bonchev–Trinajstić information content (AvgIpc) is 2.62. The van der Waals surface area contributed by atoms with Crippen LogP contribution in [0.4, 0.5) is 11.4 Å². The van der Waals surface area contributed by atoms with Gasteiger partial charge in [-0.2, -0.15) is 0 Å². The molecular weight excluding hydrogens is 338 g/mol. The molecule has 0 aliphatic rings. The SMILES string of the molecule is CCCN(CCC)c1ccnc(C(=O)Nc2cc(Cl)ccc2OC)c1. The van der Waals surface area contributed by atoms with Gasteiger partial charge < -0.3 is 15.0 Å². The summed E-state index contributed by atoms with van der Waals surface area (Å²) < 4.78 is 5.26. The number of aromatic nitrogens is 1. The van der Waals surface area contributed by atoms with Gasteiger partial charge in [0, 0.05) is 30.0 Å². The Labute approximate surface area is 154 Å². The zero-order chi connectivity index (χ0) is 18.2. The predicted molar refractivity (Wildman–Crippen MR) is 103 cm³/mol. The highest BCUT2D eigenvalue weighted by molar-refractivity contribution is 6.31. The van der Waals surface area contributed by atoms with Gasteiger partial charge in [-0.05, 0) is 43.2 Å². The lowest BCUT2D eigenvalue weighted by Crippen LogP contribution is -2.25. The molecule has 0 bridgehead atoms.